The van der Waals surface area contributed by atoms with Crippen molar-refractivity contribution in [1.82, 2.24) is 20.6 Å². The average molecular weight is 438 g/mol. The number of carbonyl (C=O) groups excluding carboxylic acids is 1. The van der Waals surface area contributed by atoms with Gasteiger partial charge in [-0.15, -0.1) is 24.8 Å². The van der Waals surface area contributed by atoms with Crippen LogP contribution in [0.1, 0.15) is 35.2 Å². The van der Waals surface area contributed by atoms with Crippen molar-refractivity contribution in [2.24, 2.45) is 5.92 Å². The van der Waals surface area contributed by atoms with Crippen LogP contribution in [-0.4, -0.2) is 48.1 Å². The summed E-state index contributed by atoms with van der Waals surface area (Å²) in [7, 11) is 0. The van der Waals surface area contributed by atoms with E-state index in [1.54, 1.807) is 12.4 Å². The minimum absolute atomic E-state index is 0. The van der Waals surface area contributed by atoms with Gasteiger partial charge >= 0.3 is 0 Å². The fourth-order valence-electron chi connectivity index (χ4n) is 4.06. The molecular formula is C21H29Cl2N5O. The summed E-state index contributed by atoms with van der Waals surface area (Å²) in [6.07, 6.45) is 7.54. The van der Waals surface area contributed by atoms with E-state index in [-0.39, 0.29) is 36.8 Å². The van der Waals surface area contributed by atoms with Crippen molar-refractivity contribution in [3.05, 3.63) is 53.9 Å². The van der Waals surface area contributed by atoms with E-state index in [0.29, 0.717) is 5.92 Å². The first kappa shape index (κ1) is 23.4. The van der Waals surface area contributed by atoms with E-state index in [1.807, 2.05) is 24.3 Å². The Morgan fingerprint density at radius 3 is 2.48 bits per heavy atom. The Bertz CT molecular complexity index is 763. The lowest BCUT2D eigenvalue weighted by Crippen LogP contribution is -2.45. The van der Waals surface area contributed by atoms with Crippen LogP contribution < -0.4 is 15.5 Å². The highest BCUT2D eigenvalue weighted by Crippen LogP contribution is 2.20. The number of aromatic nitrogens is 2. The van der Waals surface area contributed by atoms with E-state index < -0.39 is 0 Å². The smallest absolute Gasteiger partial charge is 0.251 e. The van der Waals surface area contributed by atoms with Crippen molar-refractivity contribution in [3.8, 4) is 0 Å². The maximum absolute atomic E-state index is 12.9. The summed E-state index contributed by atoms with van der Waals surface area (Å²) in [6.45, 7) is 3.87. The number of halogens is 2. The summed E-state index contributed by atoms with van der Waals surface area (Å²) < 4.78 is 0. The van der Waals surface area contributed by atoms with Gasteiger partial charge in [0.25, 0.3) is 5.91 Å². The number of carbonyl (C=O) groups is 1. The molecule has 158 valence electrons. The zero-order valence-electron chi connectivity index (χ0n) is 16.4. The molecule has 29 heavy (non-hydrogen) atoms. The van der Waals surface area contributed by atoms with Gasteiger partial charge in [-0.05, 0) is 62.4 Å². The third kappa shape index (κ3) is 6.04. The van der Waals surface area contributed by atoms with Gasteiger partial charge in [-0.1, -0.05) is 18.2 Å². The predicted octanol–water partition coefficient (Wildman–Crippen LogP) is 2.87. The van der Waals surface area contributed by atoms with Crippen molar-refractivity contribution in [1.29, 1.82) is 0 Å². The van der Waals surface area contributed by atoms with Gasteiger partial charge in [-0.2, -0.15) is 0 Å². The van der Waals surface area contributed by atoms with Crippen LogP contribution in [0.5, 0.6) is 0 Å². The summed E-state index contributed by atoms with van der Waals surface area (Å²) in [4.78, 5) is 23.7. The molecule has 1 amide bonds. The standard InChI is InChI=1S/C21H27N5O.2ClH/c27-20(19-5-2-1-4-17(19)14-16-6-11-22-15-16)25-18-7-12-26(13-8-18)21-23-9-3-10-24-21;;/h1-5,9-10,16,18,22H,6-8,11-15H2,(H,25,27);2*1H. The molecule has 1 atom stereocenters. The van der Waals surface area contributed by atoms with E-state index in [0.717, 1.165) is 57.0 Å². The number of nitrogens with one attached hydrogen (secondary N) is 2. The summed E-state index contributed by atoms with van der Waals surface area (Å²) in [5, 5.41) is 6.66. The number of nitrogens with zero attached hydrogens (tertiary/aromatic N) is 3. The average Bonchev–Trinajstić information content (AvgIpc) is 3.23. The maximum Gasteiger partial charge on any atom is 0.251 e. The first-order chi connectivity index (χ1) is 13.3. The van der Waals surface area contributed by atoms with Gasteiger partial charge in [0.15, 0.2) is 0 Å². The molecule has 2 N–H and O–H groups in total. The molecule has 3 heterocycles. The Balaban J connectivity index is 0.00000150. The highest BCUT2D eigenvalue weighted by molar-refractivity contribution is 5.95. The molecule has 1 aromatic carbocycles. The number of rotatable bonds is 5. The highest BCUT2D eigenvalue weighted by Gasteiger charge is 2.24. The second kappa shape index (κ2) is 11.3. The number of hydrogen-bond acceptors (Lipinski definition) is 5. The zero-order chi connectivity index (χ0) is 18.5. The highest BCUT2D eigenvalue weighted by atomic mass is 35.5. The van der Waals surface area contributed by atoms with Crippen molar-refractivity contribution < 1.29 is 4.79 Å². The molecule has 0 spiro atoms. The van der Waals surface area contributed by atoms with Crippen LogP contribution in [0, 0.1) is 5.92 Å². The monoisotopic (exact) mass is 437 g/mol. The van der Waals surface area contributed by atoms with Crippen molar-refractivity contribution in [3.63, 3.8) is 0 Å². The van der Waals surface area contributed by atoms with Gasteiger partial charge in [0.1, 0.15) is 0 Å². The fourth-order valence-corrected chi connectivity index (χ4v) is 4.06. The second-order valence-corrected chi connectivity index (χ2v) is 7.50. The lowest BCUT2D eigenvalue weighted by Gasteiger charge is -2.32. The van der Waals surface area contributed by atoms with E-state index in [2.05, 4.69) is 31.6 Å². The van der Waals surface area contributed by atoms with Crippen molar-refractivity contribution in [2.45, 2.75) is 31.7 Å². The Labute approximate surface area is 184 Å². The van der Waals surface area contributed by atoms with Crippen molar-refractivity contribution >= 4 is 36.7 Å². The number of benzene rings is 1. The first-order valence-electron chi connectivity index (χ1n) is 9.91. The summed E-state index contributed by atoms with van der Waals surface area (Å²) in [6, 6.07) is 10.1. The molecule has 0 aliphatic carbocycles. The fraction of sp³-hybridized carbons (Fsp3) is 0.476. The van der Waals surface area contributed by atoms with Crippen LogP contribution in [0.25, 0.3) is 0 Å². The molecule has 0 bridgehead atoms. The Kier molecular flexibility index (Phi) is 9.14. The normalized spacial score (nSPS) is 19.2. The molecule has 4 rings (SSSR count). The summed E-state index contributed by atoms with van der Waals surface area (Å²) >= 11 is 0. The van der Waals surface area contributed by atoms with Gasteiger partial charge in [0.05, 0.1) is 0 Å². The van der Waals surface area contributed by atoms with Crippen molar-refractivity contribution in [2.75, 3.05) is 31.1 Å². The lowest BCUT2D eigenvalue weighted by molar-refractivity contribution is 0.0930. The number of piperidine rings is 1. The molecular weight excluding hydrogens is 409 g/mol. The van der Waals surface area contributed by atoms with Gasteiger partial charge in [-0.3, -0.25) is 4.79 Å². The third-order valence-corrected chi connectivity index (χ3v) is 5.60. The van der Waals surface area contributed by atoms with Gasteiger partial charge in [0, 0.05) is 37.1 Å². The Morgan fingerprint density at radius 2 is 1.79 bits per heavy atom. The Morgan fingerprint density at radius 1 is 1.07 bits per heavy atom. The van der Waals surface area contributed by atoms with Crippen LogP contribution in [-0.2, 0) is 6.42 Å². The van der Waals surface area contributed by atoms with Crippen LogP contribution in [0.4, 0.5) is 5.95 Å². The molecule has 2 saturated heterocycles. The molecule has 2 aliphatic heterocycles. The van der Waals surface area contributed by atoms with Gasteiger partial charge in [-0.25, -0.2) is 9.97 Å². The predicted molar refractivity (Wildman–Crippen MR) is 120 cm³/mol. The Hall–Kier alpha value is -1.89. The molecule has 0 saturated carbocycles. The van der Waals surface area contributed by atoms with Crippen LogP contribution >= 0.6 is 24.8 Å². The van der Waals surface area contributed by atoms with E-state index in [9.17, 15) is 4.79 Å². The molecule has 1 aromatic heterocycles. The molecule has 2 fully saturated rings. The van der Waals surface area contributed by atoms with Crippen LogP contribution in [0.2, 0.25) is 0 Å². The summed E-state index contributed by atoms with van der Waals surface area (Å²) in [5.41, 5.74) is 2.00. The van der Waals surface area contributed by atoms with Crippen LogP contribution in [0.3, 0.4) is 0 Å². The number of amides is 1. The summed E-state index contributed by atoms with van der Waals surface area (Å²) in [5.74, 6) is 1.47. The van der Waals surface area contributed by atoms with E-state index in [4.69, 9.17) is 0 Å². The molecule has 1 unspecified atom stereocenters. The lowest BCUT2D eigenvalue weighted by atomic mass is 9.94. The molecule has 2 aliphatic rings. The quantitative estimate of drug-likeness (QED) is 0.752. The number of hydrogen-bond donors (Lipinski definition) is 2. The molecule has 2 aromatic rings. The minimum Gasteiger partial charge on any atom is -0.349 e. The SMILES string of the molecule is Cl.Cl.O=C(NC1CCN(c2ncccn2)CC1)c1ccccc1CC1CCNC1. The molecule has 0 radical (unpaired) electrons. The van der Waals surface area contributed by atoms with Gasteiger partial charge in [0.2, 0.25) is 5.95 Å². The minimum atomic E-state index is 0. The molecule has 6 nitrogen and oxygen atoms in total. The molecule has 8 heteroatoms. The van der Waals surface area contributed by atoms with E-state index >= 15 is 0 Å². The topological polar surface area (TPSA) is 70.2 Å². The zero-order valence-corrected chi connectivity index (χ0v) is 18.1. The van der Waals surface area contributed by atoms with Crippen LogP contribution in [0.15, 0.2) is 42.7 Å². The number of anilines is 1. The van der Waals surface area contributed by atoms with Gasteiger partial charge < -0.3 is 15.5 Å². The first-order valence-corrected chi connectivity index (χ1v) is 9.91. The third-order valence-electron chi connectivity index (χ3n) is 5.60. The largest absolute Gasteiger partial charge is 0.349 e. The second-order valence-electron chi connectivity index (χ2n) is 7.50. The van der Waals surface area contributed by atoms with E-state index in [1.165, 1.54) is 12.0 Å². The maximum atomic E-state index is 12.9.